The minimum Gasteiger partial charge on any atom is -0.313 e. The zero-order valence-corrected chi connectivity index (χ0v) is 21.4. The predicted octanol–water partition coefficient (Wildman–Crippen LogP) is 4.62. The van der Waals surface area contributed by atoms with Crippen LogP contribution in [-0.2, 0) is 27.3 Å². The first-order chi connectivity index (χ1) is 17.8. The summed E-state index contributed by atoms with van der Waals surface area (Å²) in [4.78, 5) is 20.2. The molecule has 186 valence electrons. The summed E-state index contributed by atoms with van der Waals surface area (Å²) in [5.41, 5.74) is 3.95. The highest BCUT2D eigenvalue weighted by Gasteiger charge is 2.53. The van der Waals surface area contributed by atoms with Gasteiger partial charge in [-0.05, 0) is 42.7 Å². The predicted molar refractivity (Wildman–Crippen MR) is 142 cm³/mol. The number of fused-ring (bicyclic) bond motifs is 5. The first kappa shape index (κ1) is 22.2. The van der Waals surface area contributed by atoms with Gasteiger partial charge in [-0.15, -0.1) is 0 Å². The average Bonchev–Trinajstić information content (AvgIpc) is 3.68. The summed E-state index contributed by atoms with van der Waals surface area (Å²) >= 11 is 0. The molecule has 7 rings (SSSR count). The van der Waals surface area contributed by atoms with Gasteiger partial charge in [0.25, 0.3) is 10.0 Å². The summed E-state index contributed by atoms with van der Waals surface area (Å²) in [5, 5.41) is 6.06. The van der Waals surface area contributed by atoms with Crippen LogP contribution >= 0.6 is 0 Å². The van der Waals surface area contributed by atoms with Gasteiger partial charge >= 0.3 is 0 Å². The Morgan fingerprint density at radius 1 is 0.973 bits per heavy atom. The molecule has 0 radical (unpaired) electrons. The lowest BCUT2D eigenvalue weighted by atomic mass is 9.78. The van der Waals surface area contributed by atoms with Crippen LogP contribution in [0.15, 0.2) is 72.0 Å². The molecule has 0 N–H and O–H groups in total. The maximum atomic E-state index is 13.9. The fraction of sp³-hybridized carbons (Fsp3) is 0.250. The molecule has 1 saturated carbocycles. The second-order valence-corrected chi connectivity index (χ2v) is 11.9. The molecule has 4 heterocycles. The summed E-state index contributed by atoms with van der Waals surface area (Å²) in [6.07, 6.45) is 8.56. The Bertz CT molecular complexity index is 1850. The second-order valence-electron chi connectivity index (χ2n) is 10.1. The Hall–Kier alpha value is -3.98. The molecule has 0 unspecified atom stereocenters. The molecule has 9 heteroatoms. The van der Waals surface area contributed by atoms with Crippen molar-refractivity contribution in [3.05, 3.63) is 72.7 Å². The van der Waals surface area contributed by atoms with Crippen LogP contribution in [0.5, 0.6) is 0 Å². The van der Waals surface area contributed by atoms with E-state index in [1.807, 2.05) is 29.9 Å². The van der Waals surface area contributed by atoms with Gasteiger partial charge in [0.15, 0.2) is 5.65 Å². The molecule has 2 aliphatic rings. The lowest BCUT2D eigenvalue weighted by molar-refractivity contribution is -0.122. The van der Waals surface area contributed by atoms with Crippen LogP contribution in [0.25, 0.3) is 33.1 Å². The number of pyridine rings is 1. The maximum Gasteiger partial charge on any atom is 0.269 e. The summed E-state index contributed by atoms with van der Waals surface area (Å²) in [6, 6.07) is 14.4. The van der Waals surface area contributed by atoms with Crippen molar-refractivity contribution in [3.63, 3.8) is 0 Å². The highest BCUT2D eigenvalue weighted by Crippen LogP contribution is 2.54. The van der Waals surface area contributed by atoms with Crippen molar-refractivity contribution in [2.45, 2.75) is 36.0 Å². The van der Waals surface area contributed by atoms with E-state index in [0.717, 1.165) is 64.4 Å². The zero-order chi connectivity index (χ0) is 25.5. The third kappa shape index (κ3) is 2.88. The highest BCUT2D eigenvalue weighted by molar-refractivity contribution is 7.90. The van der Waals surface area contributed by atoms with Gasteiger partial charge in [-0.1, -0.05) is 37.1 Å². The highest BCUT2D eigenvalue weighted by atomic mass is 32.2. The monoisotopic (exact) mass is 511 g/mol. The van der Waals surface area contributed by atoms with Gasteiger partial charge in [0, 0.05) is 42.2 Å². The lowest BCUT2D eigenvalue weighted by Crippen LogP contribution is -2.36. The number of hydrogen-bond donors (Lipinski definition) is 0. The van der Waals surface area contributed by atoms with E-state index in [9.17, 15) is 13.2 Å². The van der Waals surface area contributed by atoms with Crippen molar-refractivity contribution >= 4 is 43.6 Å². The SMILES string of the molecule is CN1C(=O)C2(CCCC2)c2c1cnc1c2c(-c2ccc3c(cnn3C)c2)cn1S(=O)(=O)c1ccccc1. The van der Waals surface area contributed by atoms with Crippen molar-refractivity contribution in [2.24, 2.45) is 7.05 Å². The molecule has 0 atom stereocenters. The third-order valence-corrected chi connectivity index (χ3v) is 9.80. The van der Waals surface area contributed by atoms with Gasteiger partial charge < -0.3 is 4.90 Å². The van der Waals surface area contributed by atoms with E-state index in [1.54, 1.807) is 60.9 Å². The molecule has 2 aromatic carbocycles. The van der Waals surface area contributed by atoms with Gasteiger partial charge in [0.2, 0.25) is 5.91 Å². The summed E-state index contributed by atoms with van der Waals surface area (Å²) in [6.45, 7) is 0. The number of carbonyl (C=O) groups is 1. The zero-order valence-electron chi connectivity index (χ0n) is 20.5. The van der Waals surface area contributed by atoms with Crippen molar-refractivity contribution in [1.82, 2.24) is 18.7 Å². The smallest absolute Gasteiger partial charge is 0.269 e. The number of rotatable bonds is 3. The summed E-state index contributed by atoms with van der Waals surface area (Å²) in [5.74, 6) is 0.0710. The van der Waals surface area contributed by atoms with Crippen molar-refractivity contribution in [2.75, 3.05) is 11.9 Å². The molecular formula is C28H25N5O3S. The van der Waals surface area contributed by atoms with Crippen molar-refractivity contribution < 1.29 is 13.2 Å². The van der Waals surface area contributed by atoms with E-state index in [2.05, 4.69) is 10.1 Å². The minimum atomic E-state index is -3.93. The van der Waals surface area contributed by atoms with E-state index in [-0.39, 0.29) is 10.8 Å². The second kappa shape index (κ2) is 7.52. The fourth-order valence-electron chi connectivity index (χ4n) is 6.31. The third-order valence-electron chi connectivity index (χ3n) is 8.13. The van der Waals surface area contributed by atoms with Crippen LogP contribution < -0.4 is 4.90 Å². The Kier molecular flexibility index (Phi) is 4.52. The van der Waals surface area contributed by atoms with Crippen LogP contribution in [0.4, 0.5) is 5.69 Å². The Morgan fingerprint density at radius 2 is 1.73 bits per heavy atom. The number of amides is 1. The largest absolute Gasteiger partial charge is 0.313 e. The number of anilines is 1. The number of aromatic nitrogens is 4. The molecule has 37 heavy (non-hydrogen) atoms. The van der Waals surface area contributed by atoms with E-state index in [1.165, 1.54) is 3.97 Å². The van der Waals surface area contributed by atoms with Crippen LogP contribution in [0.2, 0.25) is 0 Å². The van der Waals surface area contributed by atoms with Gasteiger partial charge in [0.1, 0.15) is 0 Å². The Labute approximate surface area is 214 Å². The molecule has 1 fully saturated rings. The van der Waals surface area contributed by atoms with E-state index < -0.39 is 15.4 Å². The first-order valence-corrected chi connectivity index (χ1v) is 13.8. The first-order valence-electron chi connectivity index (χ1n) is 12.4. The minimum absolute atomic E-state index is 0.0710. The summed E-state index contributed by atoms with van der Waals surface area (Å²) in [7, 11) is -0.248. The Balaban J connectivity index is 1.60. The molecule has 0 bridgehead atoms. The average molecular weight is 512 g/mol. The van der Waals surface area contributed by atoms with E-state index >= 15 is 0 Å². The molecule has 8 nitrogen and oxygen atoms in total. The molecule has 1 amide bonds. The van der Waals surface area contributed by atoms with Gasteiger partial charge in [-0.3, -0.25) is 9.48 Å². The van der Waals surface area contributed by atoms with E-state index in [0.29, 0.717) is 5.65 Å². The van der Waals surface area contributed by atoms with Crippen LogP contribution in [0, 0.1) is 0 Å². The number of carbonyl (C=O) groups excluding carboxylic acids is 1. The molecular weight excluding hydrogens is 486 g/mol. The molecule has 1 aliphatic carbocycles. The molecule has 1 spiro atoms. The molecule has 1 aliphatic heterocycles. The lowest BCUT2D eigenvalue weighted by Gasteiger charge is -2.22. The van der Waals surface area contributed by atoms with Crippen LogP contribution in [0.1, 0.15) is 31.2 Å². The van der Waals surface area contributed by atoms with Crippen molar-refractivity contribution in [3.8, 4) is 11.1 Å². The number of aryl methyl sites for hydroxylation is 1. The number of nitrogens with zero attached hydrogens (tertiary/aromatic N) is 5. The Morgan fingerprint density at radius 3 is 2.49 bits per heavy atom. The number of benzene rings is 2. The summed E-state index contributed by atoms with van der Waals surface area (Å²) < 4.78 is 30.9. The van der Waals surface area contributed by atoms with E-state index in [4.69, 9.17) is 0 Å². The number of hydrogen-bond acceptors (Lipinski definition) is 5. The quantitative estimate of drug-likeness (QED) is 0.353. The van der Waals surface area contributed by atoms with Gasteiger partial charge in [0.05, 0.1) is 33.9 Å². The number of likely N-dealkylation sites (N-methyl/N-ethyl adjacent to an activating group) is 1. The van der Waals surface area contributed by atoms with Crippen molar-refractivity contribution in [1.29, 1.82) is 0 Å². The fourth-order valence-corrected chi connectivity index (χ4v) is 7.65. The topological polar surface area (TPSA) is 90.1 Å². The standard InChI is InChI=1S/C28H25N5O3S/c1-31-23-16-29-26-24(25(23)28(27(31)34)12-6-7-13-28)21(18-10-11-22-19(14-18)15-30-32(22)2)17-33(26)37(35,36)20-8-4-3-5-9-20/h3-5,8-11,14-17H,6-7,12-13H2,1-2H3. The molecule has 5 aromatic rings. The van der Waals surface area contributed by atoms with Crippen LogP contribution in [-0.4, -0.2) is 40.1 Å². The van der Waals surface area contributed by atoms with Gasteiger partial charge in [-0.25, -0.2) is 17.4 Å². The maximum absolute atomic E-state index is 13.9. The normalized spacial score (nSPS) is 16.9. The molecule has 3 aromatic heterocycles. The van der Waals surface area contributed by atoms with Crippen LogP contribution in [0.3, 0.4) is 0 Å². The van der Waals surface area contributed by atoms with Gasteiger partial charge in [-0.2, -0.15) is 5.10 Å². The molecule has 0 saturated heterocycles.